The van der Waals surface area contributed by atoms with Crippen molar-refractivity contribution in [2.45, 2.75) is 6.92 Å². The molecule has 1 aromatic carbocycles. The molecule has 0 saturated carbocycles. The molecule has 0 fully saturated rings. The molecule has 0 saturated heterocycles. The van der Waals surface area contributed by atoms with Crippen molar-refractivity contribution in [1.82, 2.24) is 9.78 Å². The number of methoxy groups -OCH3 is 1. The van der Waals surface area contributed by atoms with Crippen LogP contribution in [0, 0.1) is 0 Å². The molecule has 0 radical (unpaired) electrons. The Labute approximate surface area is 94.4 Å². The van der Waals surface area contributed by atoms with Crippen molar-refractivity contribution in [2.75, 3.05) is 13.7 Å². The number of hydrogen-bond donors (Lipinski definition) is 0. The van der Waals surface area contributed by atoms with Crippen molar-refractivity contribution in [3.05, 3.63) is 36.7 Å². The molecule has 0 aliphatic carbocycles. The van der Waals surface area contributed by atoms with Crippen LogP contribution >= 0.6 is 0 Å². The summed E-state index contributed by atoms with van der Waals surface area (Å²) >= 11 is 0. The van der Waals surface area contributed by atoms with Crippen LogP contribution < -0.4 is 9.47 Å². The second-order valence-corrected chi connectivity index (χ2v) is 3.23. The van der Waals surface area contributed by atoms with Gasteiger partial charge in [-0.2, -0.15) is 5.10 Å². The van der Waals surface area contributed by atoms with Crippen molar-refractivity contribution in [1.29, 1.82) is 0 Å². The lowest BCUT2D eigenvalue weighted by atomic mass is 10.3. The zero-order valence-electron chi connectivity index (χ0n) is 9.38. The molecule has 1 heterocycles. The van der Waals surface area contributed by atoms with Crippen LogP contribution in [0.5, 0.6) is 11.5 Å². The van der Waals surface area contributed by atoms with E-state index in [1.807, 2.05) is 37.4 Å². The van der Waals surface area contributed by atoms with Crippen LogP contribution in [0.4, 0.5) is 0 Å². The maximum atomic E-state index is 5.36. The number of nitrogens with zero attached hydrogens (tertiary/aromatic N) is 2. The summed E-state index contributed by atoms with van der Waals surface area (Å²) in [5.74, 6) is 1.54. The van der Waals surface area contributed by atoms with Gasteiger partial charge in [0, 0.05) is 0 Å². The van der Waals surface area contributed by atoms with E-state index in [0.717, 1.165) is 17.2 Å². The van der Waals surface area contributed by atoms with Crippen LogP contribution in [0.1, 0.15) is 6.92 Å². The van der Waals surface area contributed by atoms with E-state index in [2.05, 4.69) is 5.10 Å². The van der Waals surface area contributed by atoms with Crippen molar-refractivity contribution in [2.24, 2.45) is 0 Å². The summed E-state index contributed by atoms with van der Waals surface area (Å²) in [7, 11) is 1.64. The first-order valence-electron chi connectivity index (χ1n) is 5.16. The van der Waals surface area contributed by atoms with Gasteiger partial charge in [-0.3, -0.25) is 0 Å². The SMILES string of the molecule is CCOc1cnn(-c2ccccc2OC)c1. The first kappa shape index (κ1) is 10.5. The normalized spacial score (nSPS) is 10.1. The van der Waals surface area contributed by atoms with E-state index < -0.39 is 0 Å². The lowest BCUT2D eigenvalue weighted by Crippen LogP contribution is -1.97. The molecule has 16 heavy (non-hydrogen) atoms. The van der Waals surface area contributed by atoms with E-state index in [9.17, 15) is 0 Å². The molecule has 0 atom stereocenters. The van der Waals surface area contributed by atoms with E-state index in [-0.39, 0.29) is 0 Å². The van der Waals surface area contributed by atoms with Crippen LogP contribution in [0.15, 0.2) is 36.7 Å². The number of aromatic nitrogens is 2. The first-order chi connectivity index (χ1) is 7.85. The quantitative estimate of drug-likeness (QED) is 0.789. The van der Waals surface area contributed by atoms with Crippen LogP contribution in [-0.2, 0) is 0 Å². The van der Waals surface area contributed by atoms with Gasteiger partial charge in [0.15, 0.2) is 5.75 Å². The van der Waals surface area contributed by atoms with Gasteiger partial charge in [0.25, 0.3) is 0 Å². The Morgan fingerprint density at radius 3 is 2.88 bits per heavy atom. The second-order valence-electron chi connectivity index (χ2n) is 3.23. The zero-order valence-corrected chi connectivity index (χ0v) is 9.38. The van der Waals surface area contributed by atoms with Crippen LogP contribution in [0.2, 0.25) is 0 Å². The minimum atomic E-state index is 0.637. The maximum Gasteiger partial charge on any atom is 0.157 e. The van der Waals surface area contributed by atoms with Gasteiger partial charge in [0.05, 0.1) is 26.1 Å². The number of para-hydroxylation sites is 2. The predicted octanol–water partition coefficient (Wildman–Crippen LogP) is 2.28. The number of benzene rings is 1. The molecule has 0 amide bonds. The van der Waals surface area contributed by atoms with Gasteiger partial charge in [0.1, 0.15) is 11.4 Å². The highest BCUT2D eigenvalue weighted by Crippen LogP contribution is 2.22. The molecule has 2 rings (SSSR count). The molecule has 0 aliphatic heterocycles. The summed E-state index contributed by atoms with van der Waals surface area (Å²) in [6.45, 7) is 2.58. The monoisotopic (exact) mass is 218 g/mol. The molecular weight excluding hydrogens is 204 g/mol. The lowest BCUT2D eigenvalue weighted by Gasteiger charge is -2.07. The van der Waals surface area contributed by atoms with Gasteiger partial charge < -0.3 is 9.47 Å². The highest BCUT2D eigenvalue weighted by Gasteiger charge is 2.06. The summed E-state index contributed by atoms with van der Waals surface area (Å²) in [5, 5.41) is 4.23. The molecule has 1 aromatic heterocycles. The fourth-order valence-corrected chi connectivity index (χ4v) is 1.50. The maximum absolute atomic E-state index is 5.36. The standard InChI is InChI=1S/C12H14N2O2/c1-3-16-10-8-13-14(9-10)11-6-4-5-7-12(11)15-2/h4-9H,3H2,1-2H3. The Balaban J connectivity index is 2.34. The molecule has 0 unspecified atom stereocenters. The summed E-state index contributed by atoms with van der Waals surface area (Å²) in [4.78, 5) is 0. The average Bonchev–Trinajstić information content (AvgIpc) is 2.78. The predicted molar refractivity (Wildman–Crippen MR) is 61.3 cm³/mol. The van der Waals surface area contributed by atoms with Gasteiger partial charge in [-0.25, -0.2) is 4.68 Å². The fourth-order valence-electron chi connectivity index (χ4n) is 1.50. The number of ether oxygens (including phenoxy) is 2. The molecule has 0 spiro atoms. The van der Waals surface area contributed by atoms with Crippen molar-refractivity contribution in [3.63, 3.8) is 0 Å². The van der Waals surface area contributed by atoms with Gasteiger partial charge in [-0.15, -0.1) is 0 Å². The minimum Gasteiger partial charge on any atom is -0.494 e. The third kappa shape index (κ3) is 2.00. The van der Waals surface area contributed by atoms with Crippen LogP contribution in [0.3, 0.4) is 0 Å². The summed E-state index contributed by atoms with van der Waals surface area (Å²) < 4.78 is 12.4. The van der Waals surface area contributed by atoms with E-state index in [0.29, 0.717) is 6.61 Å². The molecule has 2 aromatic rings. The Morgan fingerprint density at radius 2 is 2.12 bits per heavy atom. The molecular formula is C12H14N2O2. The van der Waals surface area contributed by atoms with E-state index in [4.69, 9.17) is 9.47 Å². The number of rotatable bonds is 4. The minimum absolute atomic E-state index is 0.637. The number of hydrogen-bond acceptors (Lipinski definition) is 3. The smallest absolute Gasteiger partial charge is 0.157 e. The Hall–Kier alpha value is -1.97. The zero-order chi connectivity index (χ0) is 11.4. The molecule has 0 N–H and O–H groups in total. The Bertz CT molecular complexity index is 466. The Kier molecular flexibility index (Phi) is 3.10. The molecule has 0 bridgehead atoms. The summed E-state index contributed by atoms with van der Waals surface area (Å²) in [5.41, 5.74) is 0.899. The molecule has 0 aliphatic rings. The molecule has 4 heteroatoms. The van der Waals surface area contributed by atoms with Crippen LogP contribution in [-0.4, -0.2) is 23.5 Å². The van der Waals surface area contributed by atoms with Gasteiger partial charge in [0.2, 0.25) is 0 Å². The van der Waals surface area contributed by atoms with E-state index >= 15 is 0 Å². The van der Waals surface area contributed by atoms with E-state index in [1.54, 1.807) is 18.0 Å². The van der Waals surface area contributed by atoms with Crippen molar-refractivity contribution >= 4 is 0 Å². The van der Waals surface area contributed by atoms with Crippen molar-refractivity contribution < 1.29 is 9.47 Å². The summed E-state index contributed by atoms with van der Waals surface area (Å²) in [6.07, 6.45) is 3.53. The molecule has 4 nitrogen and oxygen atoms in total. The van der Waals surface area contributed by atoms with Crippen LogP contribution in [0.25, 0.3) is 5.69 Å². The average molecular weight is 218 g/mol. The van der Waals surface area contributed by atoms with E-state index in [1.165, 1.54) is 0 Å². The topological polar surface area (TPSA) is 36.3 Å². The second kappa shape index (κ2) is 4.70. The summed E-state index contributed by atoms with van der Waals surface area (Å²) in [6, 6.07) is 7.72. The van der Waals surface area contributed by atoms with Gasteiger partial charge >= 0.3 is 0 Å². The third-order valence-electron chi connectivity index (χ3n) is 2.20. The largest absolute Gasteiger partial charge is 0.494 e. The highest BCUT2D eigenvalue weighted by molar-refractivity contribution is 5.46. The molecule has 84 valence electrons. The third-order valence-corrected chi connectivity index (χ3v) is 2.20. The van der Waals surface area contributed by atoms with Crippen molar-refractivity contribution in [3.8, 4) is 17.2 Å². The Morgan fingerprint density at radius 1 is 1.31 bits per heavy atom. The lowest BCUT2D eigenvalue weighted by molar-refractivity contribution is 0.340. The highest BCUT2D eigenvalue weighted by atomic mass is 16.5. The first-order valence-corrected chi connectivity index (χ1v) is 5.16. The van der Waals surface area contributed by atoms with Gasteiger partial charge in [-0.1, -0.05) is 12.1 Å². The fraction of sp³-hybridized carbons (Fsp3) is 0.250. The van der Waals surface area contributed by atoms with Gasteiger partial charge in [-0.05, 0) is 19.1 Å².